The molecule has 84 valence electrons. The topological polar surface area (TPSA) is 26.3 Å². The highest BCUT2D eigenvalue weighted by Crippen LogP contribution is 2.30. The van der Waals surface area contributed by atoms with E-state index in [1.54, 1.807) is 0 Å². The summed E-state index contributed by atoms with van der Waals surface area (Å²) in [6.45, 7) is 2.14. The molecular formula is C14H16O2. The summed E-state index contributed by atoms with van der Waals surface area (Å²) in [5.74, 6) is 0.884. The first-order chi connectivity index (χ1) is 7.85. The summed E-state index contributed by atoms with van der Waals surface area (Å²) < 4.78 is 5.84. The molecule has 16 heavy (non-hydrogen) atoms. The summed E-state index contributed by atoms with van der Waals surface area (Å²) in [5, 5.41) is 0. The predicted molar refractivity (Wildman–Crippen MR) is 64.4 cm³/mol. The Bertz CT molecular complexity index is 407. The second-order valence-corrected chi connectivity index (χ2v) is 4.05. The highest BCUT2D eigenvalue weighted by atomic mass is 16.5. The number of carbonyl (C=O) groups is 1. The minimum atomic E-state index is -0.0626. The van der Waals surface area contributed by atoms with Crippen molar-refractivity contribution in [2.24, 2.45) is 0 Å². The zero-order valence-electron chi connectivity index (χ0n) is 9.48. The van der Waals surface area contributed by atoms with E-state index in [9.17, 15) is 4.79 Å². The van der Waals surface area contributed by atoms with Crippen LogP contribution in [0, 0.1) is 0 Å². The lowest BCUT2D eigenvalue weighted by atomic mass is 9.99. The van der Waals surface area contributed by atoms with Gasteiger partial charge in [0, 0.05) is 11.1 Å². The van der Waals surface area contributed by atoms with E-state index in [1.807, 2.05) is 30.3 Å². The van der Waals surface area contributed by atoms with E-state index >= 15 is 0 Å². The molecule has 0 amide bonds. The number of aldehydes is 1. The van der Waals surface area contributed by atoms with Crippen molar-refractivity contribution in [3.63, 3.8) is 0 Å². The van der Waals surface area contributed by atoms with Crippen LogP contribution in [0.2, 0.25) is 0 Å². The quantitative estimate of drug-likeness (QED) is 0.722. The Morgan fingerprint density at radius 2 is 2.19 bits per heavy atom. The number of hydrogen-bond donors (Lipinski definition) is 0. The molecule has 2 heteroatoms. The van der Waals surface area contributed by atoms with Crippen LogP contribution in [0.5, 0.6) is 5.75 Å². The molecule has 0 N–H and O–H groups in total. The second kappa shape index (κ2) is 4.97. The molecular weight excluding hydrogens is 200 g/mol. The monoisotopic (exact) mass is 216 g/mol. The van der Waals surface area contributed by atoms with Gasteiger partial charge in [-0.2, -0.15) is 0 Å². The van der Waals surface area contributed by atoms with Crippen LogP contribution in [0.1, 0.15) is 31.7 Å². The third-order valence-electron chi connectivity index (χ3n) is 2.84. The minimum Gasteiger partial charge on any atom is -0.485 e. The maximum absolute atomic E-state index is 11.0. The Hall–Kier alpha value is -1.57. The van der Waals surface area contributed by atoms with Crippen molar-refractivity contribution in [2.45, 2.75) is 32.3 Å². The summed E-state index contributed by atoms with van der Waals surface area (Å²) >= 11 is 0. The summed E-state index contributed by atoms with van der Waals surface area (Å²) in [7, 11) is 0. The summed E-state index contributed by atoms with van der Waals surface area (Å²) in [4.78, 5) is 11.0. The van der Waals surface area contributed by atoms with E-state index in [4.69, 9.17) is 4.74 Å². The maximum Gasteiger partial charge on any atom is 0.149 e. The fraction of sp³-hybridized carbons (Fsp3) is 0.357. The van der Waals surface area contributed by atoms with Crippen LogP contribution < -0.4 is 4.74 Å². The molecule has 2 nitrogen and oxygen atoms in total. The molecule has 0 fully saturated rings. The number of ether oxygens (including phenoxy) is 1. The molecule has 2 rings (SSSR count). The van der Waals surface area contributed by atoms with Crippen LogP contribution in [0.4, 0.5) is 0 Å². The van der Waals surface area contributed by atoms with Crippen molar-refractivity contribution in [1.29, 1.82) is 0 Å². The molecule has 0 aliphatic carbocycles. The molecule has 1 aromatic rings. The number of hydrogen-bond acceptors (Lipinski definition) is 2. The maximum atomic E-state index is 11.0. The van der Waals surface area contributed by atoms with E-state index < -0.39 is 0 Å². The molecule has 0 aromatic heterocycles. The van der Waals surface area contributed by atoms with E-state index in [0.717, 1.165) is 42.4 Å². The molecule has 0 radical (unpaired) electrons. The first kappa shape index (κ1) is 10.9. The van der Waals surface area contributed by atoms with E-state index in [2.05, 4.69) is 6.92 Å². The average Bonchev–Trinajstić information content (AvgIpc) is 2.35. The normalized spacial score (nSPS) is 18.3. The largest absolute Gasteiger partial charge is 0.485 e. The van der Waals surface area contributed by atoms with Crippen LogP contribution in [0.15, 0.2) is 29.8 Å². The Labute approximate surface area is 95.9 Å². The van der Waals surface area contributed by atoms with Crippen molar-refractivity contribution >= 4 is 12.4 Å². The van der Waals surface area contributed by atoms with E-state index in [0.29, 0.717) is 0 Å². The molecule has 1 heterocycles. The van der Waals surface area contributed by atoms with Crippen LogP contribution in [0.25, 0.3) is 6.08 Å². The van der Waals surface area contributed by atoms with Crippen molar-refractivity contribution in [2.75, 3.05) is 0 Å². The molecule has 1 aromatic carbocycles. The van der Waals surface area contributed by atoms with Gasteiger partial charge in [0.15, 0.2) is 0 Å². The van der Waals surface area contributed by atoms with Gasteiger partial charge in [-0.1, -0.05) is 31.5 Å². The van der Waals surface area contributed by atoms with Gasteiger partial charge < -0.3 is 4.74 Å². The Kier molecular flexibility index (Phi) is 3.40. The standard InChI is InChI=1S/C14H16O2/c1-2-3-7-14-12(10-15)9-11-6-4-5-8-13(11)16-14/h4-6,8-10,14H,2-3,7H2,1H3/t14-/m1/s1. The van der Waals surface area contributed by atoms with Gasteiger partial charge in [-0.15, -0.1) is 0 Å². The molecule has 1 aliphatic rings. The van der Waals surface area contributed by atoms with E-state index in [-0.39, 0.29) is 6.10 Å². The molecule has 1 atom stereocenters. The summed E-state index contributed by atoms with van der Waals surface area (Å²) in [6, 6.07) is 7.82. The van der Waals surface area contributed by atoms with Crippen LogP contribution in [-0.2, 0) is 4.79 Å². The SMILES string of the molecule is CCCC[C@H]1Oc2ccccc2C=C1C=O. The van der Waals surface area contributed by atoms with Crippen molar-refractivity contribution in [3.8, 4) is 5.75 Å². The van der Waals surface area contributed by atoms with Crippen LogP contribution >= 0.6 is 0 Å². The van der Waals surface area contributed by atoms with Gasteiger partial charge in [-0.05, 0) is 25.0 Å². The zero-order valence-corrected chi connectivity index (χ0v) is 9.48. The zero-order chi connectivity index (χ0) is 11.4. The highest BCUT2D eigenvalue weighted by Gasteiger charge is 2.21. The molecule has 0 unspecified atom stereocenters. The number of carbonyl (C=O) groups excluding carboxylic acids is 1. The van der Waals surface area contributed by atoms with Crippen molar-refractivity contribution < 1.29 is 9.53 Å². The van der Waals surface area contributed by atoms with Gasteiger partial charge in [-0.25, -0.2) is 0 Å². The summed E-state index contributed by atoms with van der Waals surface area (Å²) in [5.41, 5.74) is 1.75. The molecule has 0 bridgehead atoms. The molecule has 0 saturated carbocycles. The lowest BCUT2D eigenvalue weighted by Gasteiger charge is -2.24. The highest BCUT2D eigenvalue weighted by molar-refractivity contribution is 5.85. The smallest absolute Gasteiger partial charge is 0.149 e. The first-order valence-electron chi connectivity index (χ1n) is 5.77. The minimum absolute atomic E-state index is 0.0626. The van der Waals surface area contributed by atoms with Gasteiger partial charge in [0.1, 0.15) is 18.1 Å². The Morgan fingerprint density at radius 1 is 1.38 bits per heavy atom. The number of unbranched alkanes of at least 4 members (excludes halogenated alkanes) is 1. The predicted octanol–water partition coefficient (Wildman–Crippen LogP) is 3.22. The fourth-order valence-electron chi connectivity index (χ4n) is 1.93. The average molecular weight is 216 g/mol. The Morgan fingerprint density at radius 3 is 2.94 bits per heavy atom. The van der Waals surface area contributed by atoms with Crippen LogP contribution in [0.3, 0.4) is 0 Å². The third kappa shape index (κ3) is 2.16. The Balaban J connectivity index is 2.24. The number of para-hydroxylation sites is 1. The fourth-order valence-corrected chi connectivity index (χ4v) is 1.93. The van der Waals surface area contributed by atoms with Gasteiger partial charge in [0.25, 0.3) is 0 Å². The lowest BCUT2D eigenvalue weighted by molar-refractivity contribution is -0.105. The van der Waals surface area contributed by atoms with Crippen LogP contribution in [-0.4, -0.2) is 12.4 Å². The molecule has 0 spiro atoms. The van der Waals surface area contributed by atoms with Crippen molar-refractivity contribution in [1.82, 2.24) is 0 Å². The van der Waals surface area contributed by atoms with Gasteiger partial charge in [0.05, 0.1) is 0 Å². The summed E-state index contributed by atoms with van der Waals surface area (Å²) in [6.07, 6.45) is 5.90. The van der Waals surface area contributed by atoms with E-state index in [1.165, 1.54) is 0 Å². The van der Waals surface area contributed by atoms with Crippen molar-refractivity contribution in [3.05, 3.63) is 35.4 Å². The lowest BCUT2D eigenvalue weighted by Crippen LogP contribution is -2.23. The molecule has 0 saturated heterocycles. The van der Waals surface area contributed by atoms with Gasteiger partial charge in [0.2, 0.25) is 0 Å². The van der Waals surface area contributed by atoms with Gasteiger partial charge >= 0.3 is 0 Å². The molecule has 1 aliphatic heterocycles. The van der Waals surface area contributed by atoms with Gasteiger partial charge in [-0.3, -0.25) is 4.79 Å². The third-order valence-corrected chi connectivity index (χ3v) is 2.84. The number of benzene rings is 1. The number of rotatable bonds is 4. The number of fused-ring (bicyclic) bond motifs is 1. The second-order valence-electron chi connectivity index (χ2n) is 4.05. The first-order valence-corrected chi connectivity index (χ1v) is 5.77.